The van der Waals surface area contributed by atoms with Crippen molar-refractivity contribution >= 4 is 17.3 Å². The van der Waals surface area contributed by atoms with Gasteiger partial charge in [-0.2, -0.15) is 18.4 Å². The molecule has 0 atom stereocenters. The highest BCUT2D eigenvalue weighted by Crippen LogP contribution is 2.32. The molecule has 1 amide bonds. The normalized spacial score (nSPS) is 14.1. The minimum absolute atomic E-state index is 0.0147. The first-order valence-electron chi connectivity index (χ1n) is 8.62. The number of anilines is 2. The van der Waals surface area contributed by atoms with Gasteiger partial charge >= 0.3 is 6.18 Å². The summed E-state index contributed by atoms with van der Waals surface area (Å²) in [6.45, 7) is 0.313. The van der Waals surface area contributed by atoms with Crippen LogP contribution in [-0.4, -0.2) is 5.91 Å². The number of hydrogen-bond donors (Lipinski definition) is 2. The van der Waals surface area contributed by atoms with E-state index >= 15 is 0 Å². The summed E-state index contributed by atoms with van der Waals surface area (Å²) in [5, 5.41) is 15.0. The second kappa shape index (κ2) is 7.70. The molecule has 3 rings (SSSR count). The van der Waals surface area contributed by atoms with Crippen LogP contribution in [0.3, 0.4) is 0 Å². The van der Waals surface area contributed by atoms with Crippen molar-refractivity contribution in [1.82, 2.24) is 0 Å². The van der Waals surface area contributed by atoms with Crippen LogP contribution in [0.2, 0.25) is 0 Å². The van der Waals surface area contributed by atoms with Crippen molar-refractivity contribution in [3.63, 3.8) is 0 Å². The van der Waals surface area contributed by atoms with Crippen LogP contribution < -0.4 is 10.6 Å². The number of alkyl halides is 3. The highest BCUT2D eigenvalue weighted by Gasteiger charge is 2.31. The zero-order valence-electron chi connectivity index (χ0n) is 14.4. The van der Waals surface area contributed by atoms with Gasteiger partial charge < -0.3 is 10.6 Å². The molecule has 0 unspecified atom stereocenters. The minimum Gasteiger partial charge on any atom is -0.380 e. The smallest absolute Gasteiger partial charge is 0.380 e. The Kier molecular flexibility index (Phi) is 5.36. The van der Waals surface area contributed by atoms with Gasteiger partial charge in [-0.25, -0.2) is 0 Å². The number of benzene rings is 2. The number of rotatable bonds is 5. The Morgan fingerprint density at radius 1 is 1.19 bits per heavy atom. The first-order chi connectivity index (χ1) is 12.9. The molecule has 0 spiro atoms. The third-order valence-corrected chi connectivity index (χ3v) is 4.62. The number of nitrogens with zero attached hydrogens (tertiary/aromatic N) is 1. The number of amides is 1. The van der Waals surface area contributed by atoms with Crippen molar-refractivity contribution < 1.29 is 18.0 Å². The van der Waals surface area contributed by atoms with Crippen LogP contribution in [0, 0.1) is 17.2 Å². The summed E-state index contributed by atoms with van der Waals surface area (Å²) in [5.74, 6) is 0.0954. The molecule has 4 nitrogen and oxygen atoms in total. The van der Waals surface area contributed by atoms with Crippen molar-refractivity contribution in [2.75, 3.05) is 10.6 Å². The lowest BCUT2D eigenvalue weighted by Crippen LogP contribution is -2.28. The molecule has 1 saturated carbocycles. The van der Waals surface area contributed by atoms with Gasteiger partial charge in [-0.15, -0.1) is 0 Å². The highest BCUT2D eigenvalue weighted by molar-refractivity contribution is 5.93. The van der Waals surface area contributed by atoms with Crippen molar-refractivity contribution in [3.8, 4) is 6.07 Å². The molecule has 0 aromatic heterocycles. The van der Waals surface area contributed by atoms with Gasteiger partial charge in [0.05, 0.1) is 16.8 Å². The fraction of sp³-hybridized carbons (Fsp3) is 0.300. The predicted octanol–water partition coefficient (Wildman–Crippen LogP) is 4.93. The molecule has 27 heavy (non-hydrogen) atoms. The first kappa shape index (κ1) is 18.8. The second-order valence-electron chi connectivity index (χ2n) is 6.54. The average molecular weight is 373 g/mol. The zero-order valence-corrected chi connectivity index (χ0v) is 14.4. The Morgan fingerprint density at radius 3 is 2.59 bits per heavy atom. The lowest BCUT2D eigenvalue weighted by Gasteiger charge is -2.24. The molecule has 0 bridgehead atoms. The molecule has 0 aliphatic heterocycles. The SMILES string of the molecule is N#Cc1cc(C(F)(F)F)ccc1NCc1cccc(NC(=O)C2CCC2)c1. The van der Waals surface area contributed by atoms with Gasteiger partial charge in [0.15, 0.2) is 0 Å². The van der Waals surface area contributed by atoms with E-state index in [1.165, 1.54) is 6.07 Å². The maximum atomic E-state index is 12.8. The molecular formula is C20H18F3N3O. The van der Waals surface area contributed by atoms with Crippen LogP contribution in [0.1, 0.15) is 36.0 Å². The number of carbonyl (C=O) groups excluding carboxylic acids is 1. The van der Waals surface area contributed by atoms with Crippen molar-refractivity contribution in [3.05, 3.63) is 59.2 Å². The fourth-order valence-corrected chi connectivity index (χ4v) is 2.84. The van der Waals surface area contributed by atoms with Crippen LogP contribution in [0.4, 0.5) is 24.5 Å². The van der Waals surface area contributed by atoms with E-state index in [1.54, 1.807) is 24.3 Å². The van der Waals surface area contributed by atoms with Crippen LogP contribution in [-0.2, 0) is 17.5 Å². The zero-order chi connectivity index (χ0) is 19.4. The molecule has 0 saturated heterocycles. The Bertz CT molecular complexity index is 883. The van der Waals surface area contributed by atoms with E-state index in [4.69, 9.17) is 5.26 Å². The van der Waals surface area contributed by atoms with Gasteiger partial charge in [0.1, 0.15) is 6.07 Å². The van der Waals surface area contributed by atoms with Gasteiger partial charge in [-0.1, -0.05) is 18.6 Å². The van der Waals surface area contributed by atoms with E-state index in [-0.39, 0.29) is 17.4 Å². The van der Waals surface area contributed by atoms with Gasteiger partial charge in [0.25, 0.3) is 0 Å². The third-order valence-electron chi connectivity index (χ3n) is 4.62. The molecule has 1 aliphatic carbocycles. The molecule has 2 N–H and O–H groups in total. The van der Waals surface area contributed by atoms with E-state index < -0.39 is 11.7 Å². The maximum Gasteiger partial charge on any atom is 0.416 e. The molecule has 0 radical (unpaired) electrons. The van der Waals surface area contributed by atoms with E-state index in [1.807, 2.05) is 6.07 Å². The van der Waals surface area contributed by atoms with Crippen molar-refractivity contribution in [2.24, 2.45) is 5.92 Å². The van der Waals surface area contributed by atoms with E-state index in [0.29, 0.717) is 17.9 Å². The molecule has 2 aromatic rings. The molecule has 0 heterocycles. The fourth-order valence-electron chi connectivity index (χ4n) is 2.84. The number of halogens is 3. The summed E-state index contributed by atoms with van der Waals surface area (Å²) in [7, 11) is 0. The summed E-state index contributed by atoms with van der Waals surface area (Å²) in [6.07, 6.45) is -1.58. The summed E-state index contributed by atoms with van der Waals surface area (Å²) in [6, 6.07) is 12.0. The monoisotopic (exact) mass is 373 g/mol. The molecule has 2 aromatic carbocycles. The van der Waals surface area contributed by atoms with E-state index in [2.05, 4.69) is 10.6 Å². The van der Waals surface area contributed by atoms with E-state index in [0.717, 1.165) is 37.0 Å². The lowest BCUT2D eigenvalue weighted by molar-refractivity contribution is -0.137. The van der Waals surface area contributed by atoms with Crippen LogP contribution in [0.15, 0.2) is 42.5 Å². The molecule has 1 aliphatic rings. The molecule has 7 heteroatoms. The second-order valence-corrected chi connectivity index (χ2v) is 6.54. The number of hydrogen-bond acceptors (Lipinski definition) is 3. The molecule has 1 fully saturated rings. The van der Waals surface area contributed by atoms with Gasteiger partial charge in [-0.3, -0.25) is 4.79 Å². The Labute approximate surface area is 155 Å². The number of nitriles is 1. The Balaban J connectivity index is 1.67. The largest absolute Gasteiger partial charge is 0.416 e. The standard InChI is InChI=1S/C20H18F3N3O/c21-20(22,23)16-7-8-18(15(10-16)11-24)25-12-13-3-1-6-17(9-13)26-19(27)14-4-2-5-14/h1,3,6-10,14,25H,2,4-5,12H2,(H,26,27). The lowest BCUT2D eigenvalue weighted by atomic mass is 9.85. The van der Waals surface area contributed by atoms with Crippen molar-refractivity contribution in [1.29, 1.82) is 5.26 Å². The van der Waals surface area contributed by atoms with Crippen LogP contribution >= 0.6 is 0 Å². The average Bonchev–Trinajstić information content (AvgIpc) is 2.57. The highest BCUT2D eigenvalue weighted by atomic mass is 19.4. The van der Waals surface area contributed by atoms with Gasteiger partial charge in [0, 0.05) is 18.2 Å². The first-order valence-corrected chi connectivity index (χ1v) is 8.62. The van der Waals surface area contributed by atoms with E-state index in [9.17, 15) is 18.0 Å². The topological polar surface area (TPSA) is 64.9 Å². The number of carbonyl (C=O) groups is 1. The van der Waals surface area contributed by atoms with Crippen molar-refractivity contribution in [2.45, 2.75) is 32.0 Å². The summed E-state index contributed by atoms with van der Waals surface area (Å²) in [5.41, 5.74) is 0.920. The van der Waals surface area contributed by atoms with Gasteiger partial charge in [0.2, 0.25) is 5.91 Å². The Morgan fingerprint density at radius 2 is 1.96 bits per heavy atom. The number of nitrogens with one attached hydrogen (secondary N) is 2. The quantitative estimate of drug-likeness (QED) is 0.781. The summed E-state index contributed by atoms with van der Waals surface area (Å²) < 4.78 is 38.3. The van der Waals surface area contributed by atoms with Crippen LogP contribution in [0.25, 0.3) is 0 Å². The summed E-state index contributed by atoms with van der Waals surface area (Å²) >= 11 is 0. The van der Waals surface area contributed by atoms with Gasteiger partial charge in [-0.05, 0) is 48.7 Å². The third kappa shape index (κ3) is 4.59. The molecular weight excluding hydrogens is 355 g/mol. The minimum atomic E-state index is -4.49. The van der Waals surface area contributed by atoms with Crippen LogP contribution in [0.5, 0.6) is 0 Å². The Hall–Kier alpha value is -3.01. The maximum absolute atomic E-state index is 12.8. The molecule has 140 valence electrons. The summed E-state index contributed by atoms with van der Waals surface area (Å²) in [4.78, 5) is 12.0. The predicted molar refractivity (Wildman–Crippen MR) is 95.9 cm³/mol.